The number of aliphatic hydroxyl groups excluding tert-OH is 1. The van der Waals surface area contributed by atoms with Gasteiger partial charge in [-0.25, -0.2) is 4.98 Å². The SMILES string of the molecule is Nc1c(C(=O)NCCc2ccc(N3CCNCC3)cc2)sc2nc3c(cc12)CCC3O. The van der Waals surface area contributed by atoms with E-state index < -0.39 is 6.10 Å². The second kappa shape index (κ2) is 8.45. The molecule has 1 fully saturated rings. The summed E-state index contributed by atoms with van der Waals surface area (Å²) in [5, 5.41) is 17.2. The van der Waals surface area contributed by atoms with Crippen molar-refractivity contribution in [1.82, 2.24) is 15.6 Å². The second-order valence-corrected chi connectivity index (χ2v) is 9.19. The van der Waals surface area contributed by atoms with Crippen molar-refractivity contribution in [3.63, 3.8) is 0 Å². The Kier molecular flexibility index (Phi) is 5.52. The van der Waals surface area contributed by atoms with Crippen molar-refractivity contribution in [1.29, 1.82) is 0 Å². The molecule has 0 bridgehead atoms. The van der Waals surface area contributed by atoms with Crippen LogP contribution in [-0.2, 0) is 12.8 Å². The molecule has 1 aromatic carbocycles. The molecule has 5 N–H and O–H groups in total. The fourth-order valence-corrected chi connectivity index (χ4v) is 5.38. The zero-order valence-electron chi connectivity index (χ0n) is 17.4. The first-order valence-corrected chi connectivity index (χ1v) is 11.6. The molecule has 0 radical (unpaired) electrons. The van der Waals surface area contributed by atoms with Crippen molar-refractivity contribution in [2.24, 2.45) is 0 Å². The number of carbonyl (C=O) groups is 1. The molecule has 5 rings (SSSR count). The first kappa shape index (κ1) is 20.2. The highest BCUT2D eigenvalue weighted by Gasteiger charge is 2.25. The van der Waals surface area contributed by atoms with Gasteiger partial charge in [-0.3, -0.25) is 4.79 Å². The third-order valence-electron chi connectivity index (χ3n) is 6.16. The summed E-state index contributed by atoms with van der Waals surface area (Å²) in [7, 11) is 0. The number of hydrogen-bond acceptors (Lipinski definition) is 7. The lowest BCUT2D eigenvalue weighted by atomic mass is 10.1. The molecule has 1 unspecified atom stereocenters. The van der Waals surface area contributed by atoms with E-state index in [-0.39, 0.29) is 5.91 Å². The van der Waals surface area contributed by atoms with Gasteiger partial charge in [-0.2, -0.15) is 0 Å². The van der Waals surface area contributed by atoms with Gasteiger partial charge in [0.25, 0.3) is 5.91 Å². The lowest BCUT2D eigenvalue weighted by Gasteiger charge is -2.29. The molecule has 8 heteroatoms. The van der Waals surface area contributed by atoms with Crippen LogP contribution in [0.15, 0.2) is 30.3 Å². The van der Waals surface area contributed by atoms with Gasteiger partial charge in [0, 0.05) is 43.8 Å². The third kappa shape index (κ3) is 3.98. The Hall–Kier alpha value is -2.68. The molecule has 2 aliphatic rings. The Morgan fingerprint density at radius 1 is 1.29 bits per heavy atom. The van der Waals surface area contributed by atoms with Crippen LogP contribution in [0, 0.1) is 0 Å². The monoisotopic (exact) mass is 437 g/mol. The highest BCUT2D eigenvalue weighted by Crippen LogP contribution is 2.38. The number of fused-ring (bicyclic) bond motifs is 2. The minimum absolute atomic E-state index is 0.168. The number of hydrogen-bond donors (Lipinski definition) is 4. The first-order chi connectivity index (χ1) is 15.1. The number of anilines is 2. The zero-order valence-corrected chi connectivity index (χ0v) is 18.2. The Morgan fingerprint density at radius 3 is 2.84 bits per heavy atom. The molecule has 7 nitrogen and oxygen atoms in total. The van der Waals surface area contributed by atoms with Gasteiger partial charge in [0.05, 0.1) is 17.5 Å². The quantitative estimate of drug-likeness (QED) is 0.488. The summed E-state index contributed by atoms with van der Waals surface area (Å²) in [6, 6.07) is 10.6. The minimum atomic E-state index is -0.516. The third-order valence-corrected chi connectivity index (χ3v) is 7.27. The summed E-state index contributed by atoms with van der Waals surface area (Å²) < 4.78 is 0. The van der Waals surface area contributed by atoms with E-state index in [4.69, 9.17) is 5.73 Å². The van der Waals surface area contributed by atoms with E-state index in [1.807, 2.05) is 6.07 Å². The number of aliphatic hydroxyl groups is 1. The van der Waals surface area contributed by atoms with Gasteiger partial charge >= 0.3 is 0 Å². The smallest absolute Gasteiger partial charge is 0.263 e. The predicted octanol–water partition coefficient (Wildman–Crippen LogP) is 2.24. The molecule has 1 atom stereocenters. The van der Waals surface area contributed by atoms with Crippen molar-refractivity contribution in [3.05, 3.63) is 52.0 Å². The van der Waals surface area contributed by atoms with Gasteiger partial charge in [0.2, 0.25) is 0 Å². The van der Waals surface area contributed by atoms with Gasteiger partial charge < -0.3 is 26.4 Å². The van der Waals surface area contributed by atoms with E-state index in [1.165, 1.54) is 22.6 Å². The fraction of sp³-hybridized carbons (Fsp3) is 0.391. The lowest BCUT2D eigenvalue weighted by Crippen LogP contribution is -2.43. The average molecular weight is 438 g/mol. The van der Waals surface area contributed by atoms with Gasteiger partial charge in [-0.05, 0) is 48.6 Å². The van der Waals surface area contributed by atoms with Gasteiger partial charge in [0.1, 0.15) is 9.71 Å². The molecule has 3 heterocycles. The highest BCUT2D eigenvalue weighted by atomic mass is 32.1. The number of aryl methyl sites for hydroxylation is 1. The molecule has 0 saturated carbocycles. The number of nitrogens with two attached hydrogens (primary N) is 1. The number of pyridine rings is 1. The predicted molar refractivity (Wildman–Crippen MR) is 125 cm³/mol. The number of aromatic nitrogens is 1. The van der Waals surface area contributed by atoms with Crippen LogP contribution in [-0.4, -0.2) is 48.7 Å². The van der Waals surface area contributed by atoms with Crippen molar-refractivity contribution < 1.29 is 9.90 Å². The number of thiophene rings is 1. The van der Waals surface area contributed by atoms with E-state index >= 15 is 0 Å². The standard InChI is InChI=1S/C23H27N5O2S/c24-19-17-13-15-3-6-18(29)20(15)27-23(17)31-21(19)22(30)26-8-7-14-1-4-16(5-2-14)28-11-9-25-10-12-28/h1-2,4-5,13,18,25,29H,3,6-12,24H2,(H,26,30). The average Bonchev–Trinajstić information content (AvgIpc) is 3.33. The summed E-state index contributed by atoms with van der Waals surface area (Å²) >= 11 is 1.29. The van der Waals surface area contributed by atoms with Crippen molar-refractivity contribution >= 4 is 38.8 Å². The van der Waals surface area contributed by atoms with E-state index in [9.17, 15) is 9.90 Å². The number of nitrogens with one attached hydrogen (secondary N) is 2. The van der Waals surface area contributed by atoms with Crippen LogP contribution in [0.25, 0.3) is 10.2 Å². The Labute approximate surface area is 185 Å². The normalized spacial score (nSPS) is 18.4. The summed E-state index contributed by atoms with van der Waals surface area (Å²) in [6.45, 7) is 4.65. The number of piperazine rings is 1. The molecular formula is C23H27N5O2S. The first-order valence-electron chi connectivity index (χ1n) is 10.8. The number of rotatable bonds is 5. The number of benzene rings is 1. The zero-order chi connectivity index (χ0) is 21.4. The molecule has 2 aromatic heterocycles. The molecular weight excluding hydrogens is 410 g/mol. The van der Waals surface area contributed by atoms with Crippen LogP contribution in [0.5, 0.6) is 0 Å². The van der Waals surface area contributed by atoms with Crippen LogP contribution in [0.3, 0.4) is 0 Å². The Balaban J connectivity index is 1.22. The largest absolute Gasteiger partial charge is 0.397 e. The molecule has 1 amide bonds. The minimum Gasteiger partial charge on any atom is -0.397 e. The van der Waals surface area contributed by atoms with Crippen molar-refractivity contribution in [3.8, 4) is 0 Å². The number of amides is 1. The maximum Gasteiger partial charge on any atom is 0.263 e. The summed E-state index contributed by atoms with van der Waals surface area (Å²) in [6.07, 6.45) is 1.74. The van der Waals surface area contributed by atoms with Gasteiger partial charge in [-0.1, -0.05) is 12.1 Å². The van der Waals surface area contributed by atoms with Gasteiger partial charge in [-0.15, -0.1) is 11.3 Å². The van der Waals surface area contributed by atoms with E-state index in [0.717, 1.165) is 55.7 Å². The Morgan fingerprint density at radius 2 is 2.06 bits per heavy atom. The van der Waals surface area contributed by atoms with E-state index in [2.05, 4.69) is 44.8 Å². The van der Waals surface area contributed by atoms with Crippen molar-refractivity contribution in [2.45, 2.75) is 25.4 Å². The second-order valence-electron chi connectivity index (χ2n) is 8.19. The molecule has 31 heavy (non-hydrogen) atoms. The van der Waals surface area contributed by atoms with E-state index in [0.29, 0.717) is 28.4 Å². The van der Waals surface area contributed by atoms with Crippen LogP contribution < -0.4 is 21.3 Å². The van der Waals surface area contributed by atoms with Crippen molar-refractivity contribution in [2.75, 3.05) is 43.4 Å². The molecule has 162 valence electrons. The number of carbonyl (C=O) groups excluding carboxylic acids is 1. The number of nitrogens with zero attached hydrogens (tertiary/aromatic N) is 2. The maximum absolute atomic E-state index is 12.7. The molecule has 1 aliphatic heterocycles. The molecule has 0 spiro atoms. The van der Waals surface area contributed by atoms with Crippen LogP contribution in [0.4, 0.5) is 11.4 Å². The summed E-state index contributed by atoms with van der Waals surface area (Å²) in [4.78, 5) is 20.9. The summed E-state index contributed by atoms with van der Waals surface area (Å²) in [5.74, 6) is -0.168. The molecule has 1 saturated heterocycles. The van der Waals surface area contributed by atoms with Crippen LogP contribution in [0.1, 0.15) is 39.0 Å². The van der Waals surface area contributed by atoms with E-state index in [1.54, 1.807) is 0 Å². The molecule has 3 aromatic rings. The highest BCUT2D eigenvalue weighted by molar-refractivity contribution is 7.21. The maximum atomic E-state index is 12.7. The lowest BCUT2D eigenvalue weighted by molar-refractivity contribution is 0.0959. The number of nitrogen functional groups attached to an aromatic ring is 1. The van der Waals surface area contributed by atoms with Crippen LogP contribution >= 0.6 is 11.3 Å². The Bertz CT molecular complexity index is 1110. The van der Waals surface area contributed by atoms with Crippen LogP contribution in [0.2, 0.25) is 0 Å². The van der Waals surface area contributed by atoms with Gasteiger partial charge in [0.15, 0.2) is 0 Å². The molecule has 1 aliphatic carbocycles. The topological polar surface area (TPSA) is 104 Å². The fourth-order valence-electron chi connectivity index (χ4n) is 4.38. The summed E-state index contributed by atoms with van der Waals surface area (Å²) in [5.41, 5.74) is 11.0.